The summed E-state index contributed by atoms with van der Waals surface area (Å²) in [5.74, 6) is 0.952. The molecule has 0 N–H and O–H groups in total. The fourth-order valence-electron chi connectivity index (χ4n) is 2.39. The Balaban J connectivity index is 2.17. The van der Waals surface area contributed by atoms with Crippen LogP contribution in [0.4, 0.5) is 0 Å². The van der Waals surface area contributed by atoms with E-state index in [1.54, 1.807) is 28.6 Å². The molecule has 0 bridgehead atoms. The van der Waals surface area contributed by atoms with Crippen LogP contribution in [-0.4, -0.2) is 31.7 Å². The molecule has 1 aliphatic heterocycles. The predicted molar refractivity (Wildman–Crippen MR) is 78.3 cm³/mol. The third-order valence-corrected chi connectivity index (χ3v) is 5.80. The Hall–Kier alpha value is -0.290. The number of piperidine rings is 1. The highest BCUT2D eigenvalue weighted by Crippen LogP contribution is 2.26. The van der Waals surface area contributed by atoms with Crippen molar-refractivity contribution in [3.05, 3.63) is 29.3 Å². The van der Waals surface area contributed by atoms with Crippen LogP contribution in [0.5, 0.6) is 0 Å². The van der Waals surface area contributed by atoms with Crippen LogP contribution in [-0.2, 0) is 10.0 Å². The van der Waals surface area contributed by atoms with E-state index in [-0.39, 0.29) is 0 Å². The minimum absolute atomic E-state index is 0.309. The van der Waals surface area contributed by atoms with Crippen LogP contribution in [0, 0.1) is 5.92 Å². The van der Waals surface area contributed by atoms with Crippen molar-refractivity contribution >= 4 is 33.2 Å². The quantitative estimate of drug-likeness (QED) is 0.797. The molecule has 0 spiro atoms. The topological polar surface area (TPSA) is 37.4 Å². The lowest BCUT2D eigenvalue weighted by molar-refractivity contribution is 0.262. The number of sulfonamides is 1. The molecule has 0 aromatic heterocycles. The van der Waals surface area contributed by atoms with E-state index < -0.39 is 10.0 Å². The summed E-state index contributed by atoms with van der Waals surface area (Å²) >= 11 is 11.5. The van der Waals surface area contributed by atoms with Gasteiger partial charge in [-0.2, -0.15) is 4.31 Å². The molecule has 1 heterocycles. The van der Waals surface area contributed by atoms with Crippen LogP contribution in [0.3, 0.4) is 0 Å². The zero-order valence-electron chi connectivity index (χ0n) is 10.6. The number of halogens is 2. The van der Waals surface area contributed by atoms with Gasteiger partial charge in [0.1, 0.15) is 0 Å². The maximum Gasteiger partial charge on any atom is 0.243 e. The highest BCUT2D eigenvalue weighted by molar-refractivity contribution is 7.89. The van der Waals surface area contributed by atoms with Crippen LogP contribution < -0.4 is 0 Å². The molecule has 1 atom stereocenters. The van der Waals surface area contributed by atoms with E-state index in [1.807, 2.05) is 0 Å². The predicted octanol–water partition coefficient (Wildman–Crippen LogP) is 3.37. The first-order valence-corrected chi connectivity index (χ1v) is 8.71. The van der Waals surface area contributed by atoms with E-state index in [9.17, 15) is 8.42 Å². The largest absolute Gasteiger partial charge is 0.243 e. The number of rotatable bonds is 4. The van der Waals surface area contributed by atoms with Crippen molar-refractivity contribution in [1.82, 2.24) is 4.31 Å². The second-order valence-electron chi connectivity index (χ2n) is 4.80. The van der Waals surface area contributed by atoms with Gasteiger partial charge in [-0.3, -0.25) is 0 Å². The van der Waals surface area contributed by atoms with Crippen molar-refractivity contribution in [3.63, 3.8) is 0 Å². The summed E-state index contributed by atoms with van der Waals surface area (Å²) in [5.41, 5.74) is 0. The van der Waals surface area contributed by atoms with Gasteiger partial charge in [-0.1, -0.05) is 11.6 Å². The van der Waals surface area contributed by atoms with E-state index in [0.29, 0.717) is 34.8 Å². The molecular formula is C13H17Cl2NO2S. The van der Waals surface area contributed by atoms with Crippen LogP contribution in [0.15, 0.2) is 29.2 Å². The lowest BCUT2D eigenvalue weighted by atomic mass is 9.97. The Bertz CT molecular complexity index is 514. The van der Waals surface area contributed by atoms with E-state index in [0.717, 1.165) is 19.3 Å². The minimum atomic E-state index is -3.40. The van der Waals surface area contributed by atoms with Crippen molar-refractivity contribution in [2.45, 2.75) is 24.2 Å². The minimum Gasteiger partial charge on any atom is -0.207 e. The molecule has 1 fully saturated rings. The van der Waals surface area contributed by atoms with Gasteiger partial charge in [-0.05, 0) is 49.4 Å². The summed E-state index contributed by atoms with van der Waals surface area (Å²) < 4.78 is 26.6. The van der Waals surface area contributed by atoms with Crippen molar-refractivity contribution < 1.29 is 8.42 Å². The van der Waals surface area contributed by atoms with Crippen molar-refractivity contribution in [1.29, 1.82) is 0 Å². The van der Waals surface area contributed by atoms with Crippen molar-refractivity contribution in [2.75, 3.05) is 19.0 Å². The summed E-state index contributed by atoms with van der Waals surface area (Å²) in [7, 11) is -3.40. The number of hydrogen-bond donors (Lipinski definition) is 0. The average Bonchev–Trinajstić information content (AvgIpc) is 2.40. The zero-order chi connectivity index (χ0) is 13.9. The van der Waals surface area contributed by atoms with Crippen LogP contribution in [0.2, 0.25) is 5.02 Å². The number of benzene rings is 1. The second kappa shape index (κ2) is 6.44. The number of nitrogens with zero attached hydrogens (tertiary/aromatic N) is 1. The van der Waals surface area contributed by atoms with Crippen molar-refractivity contribution in [2.24, 2.45) is 5.92 Å². The Morgan fingerprint density at radius 1 is 1.26 bits per heavy atom. The van der Waals surface area contributed by atoms with Gasteiger partial charge in [0.2, 0.25) is 10.0 Å². The Morgan fingerprint density at radius 3 is 2.58 bits per heavy atom. The van der Waals surface area contributed by atoms with Crippen LogP contribution >= 0.6 is 23.2 Å². The monoisotopic (exact) mass is 321 g/mol. The Labute approximate surface area is 124 Å². The fraction of sp³-hybridized carbons (Fsp3) is 0.538. The van der Waals surface area contributed by atoms with Crippen LogP contribution in [0.1, 0.15) is 19.3 Å². The molecule has 0 radical (unpaired) electrons. The van der Waals surface area contributed by atoms with Gasteiger partial charge in [0.25, 0.3) is 0 Å². The van der Waals surface area contributed by atoms with E-state index >= 15 is 0 Å². The van der Waals surface area contributed by atoms with E-state index in [4.69, 9.17) is 23.2 Å². The lowest BCUT2D eigenvalue weighted by Crippen LogP contribution is -2.39. The zero-order valence-corrected chi connectivity index (χ0v) is 12.9. The van der Waals surface area contributed by atoms with Gasteiger partial charge in [0, 0.05) is 24.0 Å². The Morgan fingerprint density at radius 2 is 1.95 bits per heavy atom. The van der Waals surface area contributed by atoms with Gasteiger partial charge < -0.3 is 0 Å². The SMILES string of the molecule is O=S(=O)(c1ccc(Cl)cc1)N1CCCC(CCCl)C1. The normalized spacial score (nSPS) is 21.5. The molecule has 1 aromatic rings. The molecule has 19 heavy (non-hydrogen) atoms. The molecule has 1 unspecified atom stereocenters. The fourth-order valence-corrected chi connectivity index (χ4v) is 4.38. The van der Waals surface area contributed by atoms with E-state index in [1.165, 1.54) is 0 Å². The first-order chi connectivity index (χ1) is 9.04. The molecule has 6 heteroatoms. The first kappa shape index (κ1) is 15.1. The van der Waals surface area contributed by atoms with Gasteiger partial charge in [-0.15, -0.1) is 11.6 Å². The highest BCUT2D eigenvalue weighted by Gasteiger charge is 2.29. The molecular weight excluding hydrogens is 305 g/mol. The standard InChI is InChI=1S/C13H17Cl2NO2S/c14-8-7-11-2-1-9-16(10-11)19(17,18)13-5-3-12(15)4-6-13/h3-6,11H,1-2,7-10H2. The smallest absolute Gasteiger partial charge is 0.207 e. The number of alkyl halides is 1. The third-order valence-electron chi connectivity index (χ3n) is 3.45. The maximum atomic E-state index is 12.5. The van der Waals surface area contributed by atoms with Gasteiger partial charge >= 0.3 is 0 Å². The molecule has 1 aliphatic rings. The number of hydrogen-bond acceptors (Lipinski definition) is 2. The summed E-state index contributed by atoms with van der Waals surface area (Å²) in [5, 5.41) is 0.539. The van der Waals surface area contributed by atoms with Gasteiger partial charge in [-0.25, -0.2) is 8.42 Å². The molecule has 0 aliphatic carbocycles. The molecule has 3 nitrogen and oxygen atoms in total. The average molecular weight is 322 g/mol. The molecule has 1 aromatic carbocycles. The maximum absolute atomic E-state index is 12.5. The molecule has 0 saturated carbocycles. The second-order valence-corrected chi connectivity index (χ2v) is 7.56. The van der Waals surface area contributed by atoms with Gasteiger partial charge in [0.15, 0.2) is 0 Å². The summed E-state index contributed by atoms with van der Waals surface area (Å²) in [6.45, 7) is 1.15. The summed E-state index contributed by atoms with van der Waals surface area (Å²) in [4.78, 5) is 0.309. The molecule has 106 valence electrons. The lowest BCUT2D eigenvalue weighted by Gasteiger charge is -2.31. The molecule has 1 saturated heterocycles. The molecule has 0 amide bonds. The highest BCUT2D eigenvalue weighted by atomic mass is 35.5. The van der Waals surface area contributed by atoms with Crippen molar-refractivity contribution in [3.8, 4) is 0 Å². The molecule has 2 rings (SSSR count). The summed E-state index contributed by atoms with van der Waals surface area (Å²) in [6.07, 6.45) is 2.82. The Kier molecular flexibility index (Phi) is 5.12. The van der Waals surface area contributed by atoms with E-state index in [2.05, 4.69) is 0 Å². The van der Waals surface area contributed by atoms with Gasteiger partial charge in [0.05, 0.1) is 4.90 Å². The third kappa shape index (κ3) is 3.63. The van der Waals surface area contributed by atoms with Crippen LogP contribution in [0.25, 0.3) is 0 Å². The first-order valence-electron chi connectivity index (χ1n) is 6.35. The summed E-state index contributed by atoms with van der Waals surface area (Å²) in [6, 6.07) is 6.33.